The molecule has 0 aliphatic heterocycles. The number of methoxy groups -OCH3 is 1. The van der Waals surface area contributed by atoms with Crippen LogP contribution in [0.5, 0.6) is 5.75 Å². The monoisotopic (exact) mass is 357 g/mol. The van der Waals surface area contributed by atoms with Gasteiger partial charge in [0, 0.05) is 11.6 Å². The van der Waals surface area contributed by atoms with Crippen molar-refractivity contribution < 1.29 is 13.9 Å². The number of ether oxygens (including phenoxy) is 1. The number of rotatable bonds is 7. The normalized spacial score (nSPS) is 11.0. The van der Waals surface area contributed by atoms with E-state index in [1.807, 2.05) is 30.5 Å². The first-order valence-corrected chi connectivity index (χ1v) is 8.87. The van der Waals surface area contributed by atoms with Crippen LogP contribution in [0.2, 0.25) is 0 Å². The Labute approximate surface area is 150 Å². The molecule has 2 aromatic heterocycles. The number of thioether (sulfide) groups is 1. The second-order valence-electron chi connectivity index (χ2n) is 5.69. The van der Waals surface area contributed by atoms with Crippen LogP contribution < -0.4 is 4.74 Å². The van der Waals surface area contributed by atoms with Crippen molar-refractivity contribution in [3.8, 4) is 17.3 Å². The molecule has 0 bridgehead atoms. The van der Waals surface area contributed by atoms with E-state index in [-0.39, 0.29) is 17.6 Å². The Morgan fingerprint density at radius 3 is 2.60 bits per heavy atom. The maximum Gasteiger partial charge on any atom is 0.200 e. The molecule has 25 heavy (non-hydrogen) atoms. The molecule has 2 heterocycles. The topological polar surface area (TPSA) is 70.2 Å². The minimum absolute atomic E-state index is 0.0329. The second kappa shape index (κ2) is 7.57. The number of hydrogen-bond acceptors (Lipinski definition) is 6. The van der Waals surface area contributed by atoms with E-state index in [4.69, 9.17) is 9.15 Å². The zero-order valence-corrected chi connectivity index (χ0v) is 15.1. The Kier molecular flexibility index (Phi) is 5.23. The van der Waals surface area contributed by atoms with Crippen molar-refractivity contribution in [2.75, 3.05) is 12.9 Å². The first-order valence-electron chi connectivity index (χ1n) is 7.89. The van der Waals surface area contributed by atoms with Gasteiger partial charge in [-0.2, -0.15) is 0 Å². The zero-order valence-electron chi connectivity index (χ0n) is 14.3. The summed E-state index contributed by atoms with van der Waals surface area (Å²) < 4.78 is 12.5. The Morgan fingerprint density at radius 1 is 1.24 bits per heavy atom. The highest BCUT2D eigenvalue weighted by atomic mass is 32.2. The number of nitrogens with zero attached hydrogens (tertiary/aromatic N) is 3. The molecule has 0 saturated carbocycles. The molecule has 0 N–H and O–H groups in total. The molecule has 0 fully saturated rings. The van der Waals surface area contributed by atoms with Crippen molar-refractivity contribution in [3.63, 3.8) is 0 Å². The lowest BCUT2D eigenvalue weighted by Gasteiger charge is -2.12. The van der Waals surface area contributed by atoms with Crippen LogP contribution in [-0.2, 0) is 0 Å². The highest BCUT2D eigenvalue weighted by Gasteiger charge is 2.19. The first-order chi connectivity index (χ1) is 12.1. The van der Waals surface area contributed by atoms with Gasteiger partial charge in [0.2, 0.25) is 5.82 Å². The van der Waals surface area contributed by atoms with Crippen molar-refractivity contribution in [1.29, 1.82) is 0 Å². The Morgan fingerprint density at radius 2 is 2.00 bits per heavy atom. The SMILES string of the molecule is COc1ccc(C(=O)CSc2nnc(-c3ccco3)n2C(C)C)cc1. The predicted molar refractivity (Wildman–Crippen MR) is 96.2 cm³/mol. The average Bonchev–Trinajstić information content (AvgIpc) is 3.28. The van der Waals surface area contributed by atoms with Crippen LogP contribution >= 0.6 is 11.8 Å². The molecule has 0 amide bonds. The highest BCUT2D eigenvalue weighted by molar-refractivity contribution is 7.99. The molecule has 0 saturated heterocycles. The predicted octanol–water partition coefficient (Wildman–Crippen LogP) is 4.10. The van der Waals surface area contributed by atoms with Gasteiger partial charge in [-0.05, 0) is 50.2 Å². The minimum Gasteiger partial charge on any atom is -0.497 e. The molecule has 0 spiro atoms. The summed E-state index contributed by atoms with van der Waals surface area (Å²) >= 11 is 1.37. The molecule has 7 heteroatoms. The summed E-state index contributed by atoms with van der Waals surface area (Å²) in [5.41, 5.74) is 0.648. The number of hydrogen-bond donors (Lipinski definition) is 0. The van der Waals surface area contributed by atoms with Crippen LogP contribution in [0.25, 0.3) is 11.6 Å². The Hall–Kier alpha value is -2.54. The van der Waals surface area contributed by atoms with Crippen molar-refractivity contribution in [2.24, 2.45) is 0 Å². The lowest BCUT2D eigenvalue weighted by atomic mass is 10.1. The van der Waals surface area contributed by atoms with Gasteiger partial charge in [-0.15, -0.1) is 10.2 Å². The van der Waals surface area contributed by atoms with Gasteiger partial charge in [0.15, 0.2) is 16.7 Å². The third-order valence-corrected chi connectivity index (χ3v) is 4.61. The summed E-state index contributed by atoms with van der Waals surface area (Å²) in [5.74, 6) is 2.38. The molecule has 3 aromatic rings. The fourth-order valence-electron chi connectivity index (χ4n) is 2.41. The third-order valence-electron chi connectivity index (χ3n) is 3.67. The fourth-order valence-corrected chi connectivity index (χ4v) is 3.37. The molecule has 0 radical (unpaired) electrons. The van der Waals surface area contributed by atoms with E-state index in [0.29, 0.717) is 22.3 Å². The molecule has 130 valence electrons. The quantitative estimate of drug-likeness (QED) is 0.468. The van der Waals surface area contributed by atoms with Crippen molar-refractivity contribution in [3.05, 3.63) is 48.2 Å². The van der Waals surface area contributed by atoms with E-state index in [1.165, 1.54) is 11.8 Å². The van der Waals surface area contributed by atoms with Gasteiger partial charge in [0.25, 0.3) is 0 Å². The van der Waals surface area contributed by atoms with E-state index >= 15 is 0 Å². The van der Waals surface area contributed by atoms with Gasteiger partial charge < -0.3 is 9.15 Å². The number of furan rings is 1. The Bertz CT molecular complexity index is 839. The van der Waals surface area contributed by atoms with Crippen molar-refractivity contribution in [2.45, 2.75) is 25.0 Å². The summed E-state index contributed by atoms with van der Waals surface area (Å²) in [6.45, 7) is 4.09. The number of ketones is 1. The molecule has 1 aromatic carbocycles. The van der Waals surface area contributed by atoms with Crippen molar-refractivity contribution in [1.82, 2.24) is 14.8 Å². The van der Waals surface area contributed by atoms with E-state index < -0.39 is 0 Å². The summed E-state index contributed by atoms with van der Waals surface area (Å²) in [6, 6.07) is 10.9. The van der Waals surface area contributed by atoms with Gasteiger partial charge in [0.05, 0.1) is 19.1 Å². The van der Waals surface area contributed by atoms with Crippen LogP contribution in [-0.4, -0.2) is 33.4 Å². The van der Waals surface area contributed by atoms with Crippen LogP contribution in [0, 0.1) is 0 Å². The highest BCUT2D eigenvalue weighted by Crippen LogP contribution is 2.28. The fraction of sp³-hybridized carbons (Fsp3) is 0.278. The van der Waals surface area contributed by atoms with E-state index in [9.17, 15) is 4.79 Å². The third kappa shape index (κ3) is 3.76. The van der Waals surface area contributed by atoms with Crippen LogP contribution in [0.15, 0.2) is 52.2 Å². The second-order valence-corrected chi connectivity index (χ2v) is 6.63. The number of Topliss-reactive ketones (excluding diaryl/α,β-unsaturated/α-hetero) is 1. The molecule has 3 rings (SSSR count). The maximum atomic E-state index is 12.4. The standard InChI is InChI=1S/C18H19N3O3S/c1-12(2)21-17(16-5-4-10-24-16)19-20-18(21)25-11-15(22)13-6-8-14(23-3)9-7-13/h4-10,12H,11H2,1-3H3. The lowest BCUT2D eigenvalue weighted by molar-refractivity contribution is 0.102. The zero-order chi connectivity index (χ0) is 17.8. The van der Waals surface area contributed by atoms with E-state index in [1.54, 1.807) is 37.6 Å². The van der Waals surface area contributed by atoms with Crippen LogP contribution in [0.1, 0.15) is 30.2 Å². The molecule has 0 atom stereocenters. The van der Waals surface area contributed by atoms with Gasteiger partial charge in [0.1, 0.15) is 5.75 Å². The molecule has 0 aliphatic carbocycles. The molecular formula is C18H19N3O3S. The van der Waals surface area contributed by atoms with Gasteiger partial charge in [-0.25, -0.2) is 0 Å². The van der Waals surface area contributed by atoms with Gasteiger partial charge >= 0.3 is 0 Å². The van der Waals surface area contributed by atoms with Crippen LogP contribution in [0.3, 0.4) is 0 Å². The van der Waals surface area contributed by atoms with Crippen molar-refractivity contribution >= 4 is 17.5 Å². The maximum absolute atomic E-state index is 12.4. The summed E-state index contributed by atoms with van der Waals surface area (Å²) in [7, 11) is 1.60. The Balaban J connectivity index is 1.75. The molecule has 0 unspecified atom stereocenters. The number of benzene rings is 1. The number of carbonyl (C=O) groups excluding carboxylic acids is 1. The number of carbonyl (C=O) groups is 1. The van der Waals surface area contributed by atoms with E-state index in [2.05, 4.69) is 10.2 Å². The molecular weight excluding hydrogens is 338 g/mol. The minimum atomic E-state index is 0.0329. The number of aromatic nitrogens is 3. The van der Waals surface area contributed by atoms with Gasteiger partial charge in [-0.3, -0.25) is 9.36 Å². The average molecular weight is 357 g/mol. The molecule has 6 nitrogen and oxygen atoms in total. The summed E-state index contributed by atoms with van der Waals surface area (Å²) in [5, 5.41) is 9.15. The lowest BCUT2D eigenvalue weighted by Crippen LogP contribution is -2.07. The largest absolute Gasteiger partial charge is 0.497 e. The summed E-state index contributed by atoms with van der Waals surface area (Å²) in [4.78, 5) is 12.4. The smallest absolute Gasteiger partial charge is 0.200 e. The first kappa shape index (κ1) is 17.3. The van der Waals surface area contributed by atoms with E-state index in [0.717, 1.165) is 5.75 Å². The van der Waals surface area contributed by atoms with Crippen LogP contribution in [0.4, 0.5) is 0 Å². The molecule has 0 aliphatic rings. The van der Waals surface area contributed by atoms with Gasteiger partial charge in [-0.1, -0.05) is 11.8 Å². The summed E-state index contributed by atoms with van der Waals surface area (Å²) in [6.07, 6.45) is 1.61.